The lowest BCUT2D eigenvalue weighted by atomic mass is 9.70. The Hall–Kier alpha value is -1.63. The molecule has 4 heteroatoms. The largest absolute Gasteiger partial charge is 0.382 e. The van der Waals surface area contributed by atoms with Gasteiger partial charge >= 0.3 is 0 Å². The van der Waals surface area contributed by atoms with Crippen molar-refractivity contribution in [2.45, 2.75) is 26.2 Å². The molecule has 0 atom stereocenters. The van der Waals surface area contributed by atoms with E-state index in [2.05, 4.69) is 12.2 Å². The van der Waals surface area contributed by atoms with Crippen LogP contribution in [0.5, 0.6) is 0 Å². The molecule has 17 heavy (non-hydrogen) atoms. The molecule has 1 saturated carbocycles. The van der Waals surface area contributed by atoms with Gasteiger partial charge in [-0.05, 0) is 30.4 Å². The molecule has 1 aromatic carbocycles. The summed E-state index contributed by atoms with van der Waals surface area (Å²) < 4.78 is 26.9. The summed E-state index contributed by atoms with van der Waals surface area (Å²) in [5.41, 5.74) is 0.0640. The third-order valence-electron chi connectivity index (χ3n) is 3.47. The Balaban J connectivity index is 2.12. The van der Waals surface area contributed by atoms with Gasteiger partial charge in [-0.3, -0.25) is 0 Å². The lowest BCUT2D eigenvalue weighted by Gasteiger charge is -2.38. The van der Waals surface area contributed by atoms with Crippen LogP contribution in [0.15, 0.2) is 12.1 Å². The molecule has 0 aromatic heterocycles. The van der Waals surface area contributed by atoms with Crippen LogP contribution in [0.2, 0.25) is 0 Å². The van der Waals surface area contributed by atoms with E-state index in [-0.39, 0.29) is 16.7 Å². The van der Waals surface area contributed by atoms with E-state index in [1.165, 1.54) is 18.6 Å². The number of halogens is 2. The van der Waals surface area contributed by atoms with Gasteiger partial charge in [0.25, 0.3) is 0 Å². The summed E-state index contributed by atoms with van der Waals surface area (Å²) in [5.74, 6) is -2.04. The number of nitriles is 1. The van der Waals surface area contributed by atoms with Crippen molar-refractivity contribution >= 4 is 5.69 Å². The van der Waals surface area contributed by atoms with Crippen molar-refractivity contribution in [3.8, 4) is 6.07 Å². The second-order valence-electron chi connectivity index (χ2n) is 4.92. The maximum atomic E-state index is 13.6. The lowest BCUT2D eigenvalue weighted by Crippen LogP contribution is -2.33. The van der Waals surface area contributed by atoms with E-state index >= 15 is 0 Å². The maximum absolute atomic E-state index is 13.6. The number of nitrogens with zero attached hydrogens (tertiary/aromatic N) is 1. The van der Waals surface area contributed by atoms with Gasteiger partial charge in [-0.15, -0.1) is 0 Å². The molecule has 0 saturated heterocycles. The Labute approximate surface area is 99.3 Å². The lowest BCUT2D eigenvalue weighted by molar-refractivity contribution is 0.180. The fraction of sp³-hybridized carbons (Fsp3) is 0.462. The number of anilines is 1. The van der Waals surface area contributed by atoms with Crippen molar-refractivity contribution in [2.24, 2.45) is 5.41 Å². The van der Waals surface area contributed by atoms with Crippen LogP contribution in [-0.4, -0.2) is 6.54 Å². The van der Waals surface area contributed by atoms with Crippen LogP contribution < -0.4 is 5.32 Å². The van der Waals surface area contributed by atoms with Crippen LogP contribution >= 0.6 is 0 Å². The minimum atomic E-state index is -1.07. The van der Waals surface area contributed by atoms with E-state index in [0.717, 1.165) is 12.8 Å². The molecule has 0 radical (unpaired) electrons. The Morgan fingerprint density at radius 2 is 2.06 bits per heavy atom. The molecule has 1 aromatic rings. The summed E-state index contributed by atoms with van der Waals surface area (Å²) in [6.45, 7) is 2.76. The zero-order valence-electron chi connectivity index (χ0n) is 9.69. The topological polar surface area (TPSA) is 35.8 Å². The van der Waals surface area contributed by atoms with E-state index in [4.69, 9.17) is 5.26 Å². The predicted octanol–water partition coefficient (Wildman–Crippen LogP) is 3.44. The third kappa shape index (κ3) is 2.23. The number of hydrogen-bond acceptors (Lipinski definition) is 2. The molecule has 2 nitrogen and oxygen atoms in total. The fourth-order valence-corrected chi connectivity index (χ4v) is 2.04. The molecule has 0 amide bonds. The molecule has 1 fully saturated rings. The van der Waals surface area contributed by atoms with Crippen LogP contribution in [0.4, 0.5) is 14.5 Å². The minimum Gasteiger partial charge on any atom is -0.382 e. The number of hydrogen-bond donors (Lipinski definition) is 1. The monoisotopic (exact) mass is 236 g/mol. The molecule has 1 N–H and O–H groups in total. The van der Waals surface area contributed by atoms with Crippen LogP contribution in [0.25, 0.3) is 0 Å². The van der Waals surface area contributed by atoms with Gasteiger partial charge < -0.3 is 5.32 Å². The average Bonchev–Trinajstić information content (AvgIpc) is 2.29. The highest BCUT2D eigenvalue weighted by Gasteiger charge is 2.31. The van der Waals surface area contributed by atoms with Gasteiger partial charge in [0.05, 0.1) is 11.3 Å². The molecule has 90 valence electrons. The van der Waals surface area contributed by atoms with Crippen LogP contribution in [0, 0.1) is 28.4 Å². The average molecular weight is 236 g/mol. The number of rotatable bonds is 3. The SMILES string of the molecule is CC1(CNc2ccc(C#N)c(F)c2F)CCC1. The van der Waals surface area contributed by atoms with Crippen molar-refractivity contribution < 1.29 is 8.78 Å². The fourth-order valence-electron chi connectivity index (χ4n) is 2.04. The number of nitrogens with one attached hydrogen (secondary N) is 1. The Kier molecular flexibility index (Phi) is 3.01. The normalized spacial score (nSPS) is 17.1. The highest BCUT2D eigenvalue weighted by atomic mass is 19.2. The molecule has 1 aliphatic carbocycles. The Bertz CT molecular complexity index is 473. The van der Waals surface area contributed by atoms with E-state index in [9.17, 15) is 8.78 Å². The highest BCUT2D eigenvalue weighted by molar-refractivity contribution is 5.49. The molecule has 0 unspecified atom stereocenters. The quantitative estimate of drug-likeness (QED) is 0.872. The molecule has 0 bridgehead atoms. The van der Waals surface area contributed by atoms with Gasteiger partial charge in [0.15, 0.2) is 11.6 Å². The van der Waals surface area contributed by atoms with Gasteiger partial charge in [-0.25, -0.2) is 8.78 Å². The van der Waals surface area contributed by atoms with E-state index in [1.807, 2.05) is 0 Å². The maximum Gasteiger partial charge on any atom is 0.183 e. The van der Waals surface area contributed by atoms with Crippen LogP contribution in [0.1, 0.15) is 31.7 Å². The summed E-state index contributed by atoms with van der Waals surface area (Å²) in [4.78, 5) is 0. The van der Waals surface area contributed by atoms with Crippen molar-refractivity contribution in [3.63, 3.8) is 0 Å². The van der Waals surface area contributed by atoms with Gasteiger partial charge in [0, 0.05) is 6.54 Å². The molecule has 1 aliphatic rings. The summed E-state index contributed by atoms with van der Waals surface area (Å²) >= 11 is 0. The zero-order chi connectivity index (χ0) is 12.5. The van der Waals surface area contributed by atoms with Crippen molar-refractivity contribution in [3.05, 3.63) is 29.3 Å². The molecular weight excluding hydrogens is 222 g/mol. The van der Waals surface area contributed by atoms with Crippen LogP contribution in [0.3, 0.4) is 0 Å². The van der Waals surface area contributed by atoms with Gasteiger partial charge in [-0.2, -0.15) is 5.26 Å². The van der Waals surface area contributed by atoms with E-state index in [1.54, 1.807) is 6.07 Å². The minimum absolute atomic E-state index is 0.134. The van der Waals surface area contributed by atoms with Gasteiger partial charge in [-0.1, -0.05) is 13.3 Å². The summed E-state index contributed by atoms with van der Waals surface area (Å²) in [6, 6.07) is 4.33. The zero-order valence-corrected chi connectivity index (χ0v) is 9.69. The predicted molar refractivity (Wildman–Crippen MR) is 61.5 cm³/mol. The summed E-state index contributed by atoms with van der Waals surface area (Å²) in [6.07, 6.45) is 3.42. The number of benzene rings is 1. The van der Waals surface area contributed by atoms with E-state index < -0.39 is 11.6 Å². The molecule has 2 rings (SSSR count). The first-order chi connectivity index (χ1) is 8.06. The van der Waals surface area contributed by atoms with Crippen LogP contribution in [-0.2, 0) is 0 Å². The molecule has 0 heterocycles. The molecular formula is C13H14F2N2. The molecule has 0 aliphatic heterocycles. The second kappa shape index (κ2) is 4.33. The van der Waals surface area contributed by atoms with E-state index in [0.29, 0.717) is 6.54 Å². The Morgan fingerprint density at radius 3 is 2.59 bits per heavy atom. The van der Waals surface area contributed by atoms with Crippen molar-refractivity contribution in [1.29, 1.82) is 5.26 Å². The first-order valence-electron chi connectivity index (χ1n) is 5.68. The first-order valence-corrected chi connectivity index (χ1v) is 5.68. The second-order valence-corrected chi connectivity index (χ2v) is 4.92. The standard InChI is InChI=1S/C13H14F2N2/c1-13(5-2-6-13)8-17-10-4-3-9(7-16)11(14)12(10)15/h3-4,17H,2,5-6,8H2,1H3. The molecule has 0 spiro atoms. The summed E-state index contributed by atoms with van der Waals surface area (Å²) in [7, 11) is 0. The van der Waals surface area contributed by atoms with Gasteiger partial charge in [0.1, 0.15) is 6.07 Å². The smallest absolute Gasteiger partial charge is 0.183 e. The first kappa shape index (κ1) is 11.8. The van der Waals surface area contributed by atoms with Crippen molar-refractivity contribution in [1.82, 2.24) is 0 Å². The third-order valence-corrected chi connectivity index (χ3v) is 3.47. The summed E-state index contributed by atoms with van der Waals surface area (Å²) in [5, 5.41) is 11.5. The van der Waals surface area contributed by atoms with Gasteiger partial charge in [0.2, 0.25) is 0 Å². The Morgan fingerprint density at radius 1 is 1.35 bits per heavy atom. The highest BCUT2D eigenvalue weighted by Crippen LogP contribution is 2.40. The van der Waals surface area contributed by atoms with Crippen molar-refractivity contribution in [2.75, 3.05) is 11.9 Å².